The van der Waals surface area contributed by atoms with Gasteiger partial charge < -0.3 is 10.4 Å². The number of halogens is 2. The molecule has 1 aliphatic rings. The monoisotopic (exact) mass is 445 g/mol. The van der Waals surface area contributed by atoms with E-state index in [2.05, 4.69) is 21.2 Å². The first kappa shape index (κ1) is 17.9. The van der Waals surface area contributed by atoms with Crippen molar-refractivity contribution < 1.29 is 19.1 Å². The number of carbonyl (C=O) groups is 2. The molecule has 3 aromatic rings. The van der Waals surface area contributed by atoms with Crippen LogP contribution in [0.5, 0.6) is 0 Å². The molecule has 1 aromatic heterocycles. The van der Waals surface area contributed by atoms with Gasteiger partial charge in [-0.2, -0.15) is 0 Å². The van der Waals surface area contributed by atoms with Gasteiger partial charge in [0.05, 0.1) is 5.69 Å². The van der Waals surface area contributed by atoms with Crippen LogP contribution in [0.2, 0.25) is 0 Å². The van der Waals surface area contributed by atoms with E-state index in [0.717, 1.165) is 26.3 Å². The largest absolute Gasteiger partial charge is 0.477 e. The van der Waals surface area contributed by atoms with E-state index < -0.39 is 11.8 Å². The molecule has 1 atom stereocenters. The molecule has 0 aliphatic carbocycles. The van der Waals surface area contributed by atoms with Gasteiger partial charge in [-0.25, -0.2) is 9.18 Å². The highest BCUT2D eigenvalue weighted by Gasteiger charge is 2.34. The molecule has 4 nitrogen and oxygen atoms in total. The maximum atomic E-state index is 13.7. The Kier molecular flexibility index (Phi) is 4.57. The van der Waals surface area contributed by atoms with Gasteiger partial charge in [0.1, 0.15) is 10.7 Å². The third-order valence-corrected chi connectivity index (χ3v) is 6.31. The van der Waals surface area contributed by atoms with Gasteiger partial charge in [0.2, 0.25) is 5.91 Å². The second-order valence-electron chi connectivity index (χ2n) is 6.22. The highest BCUT2D eigenvalue weighted by molar-refractivity contribution is 9.10. The summed E-state index contributed by atoms with van der Waals surface area (Å²) in [5.74, 6) is -2.00. The molecule has 0 bridgehead atoms. The molecule has 136 valence electrons. The number of carbonyl (C=O) groups excluding carboxylic acids is 1. The third kappa shape index (κ3) is 3.28. The fourth-order valence-corrected chi connectivity index (χ4v) is 4.83. The van der Waals surface area contributed by atoms with Crippen LogP contribution in [0.3, 0.4) is 0 Å². The average molecular weight is 446 g/mol. The van der Waals surface area contributed by atoms with E-state index >= 15 is 0 Å². The number of nitrogens with one attached hydrogen (secondary N) is 1. The van der Waals surface area contributed by atoms with Crippen LogP contribution >= 0.6 is 27.3 Å². The summed E-state index contributed by atoms with van der Waals surface area (Å²) in [6.07, 6.45) is 0.233. The van der Waals surface area contributed by atoms with Crippen LogP contribution in [0.4, 0.5) is 10.1 Å². The van der Waals surface area contributed by atoms with E-state index in [0.29, 0.717) is 16.8 Å². The molecule has 4 rings (SSSR count). The van der Waals surface area contributed by atoms with Gasteiger partial charge in [0.15, 0.2) is 0 Å². The van der Waals surface area contributed by atoms with Gasteiger partial charge in [0, 0.05) is 27.3 Å². The number of aromatic carboxylic acids is 1. The number of fused-ring (bicyclic) bond motifs is 1. The Morgan fingerprint density at radius 3 is 2.63 bits per heavy atom. The zero-order valence-corrected chi connectivity index (χ0v) is 16.2. The van der Waals surface area contributed by atoms with Crippen LogP contribution in [0.15, 0.2) is 53.0 Å². The van der Waals surface area contributed by atoms with Gasteiger partial charge in [-0.15, -0.1) is 11.3 Å². The van der Waals surface area contributed by atoms with Crippen LogP contribution in [0, 0.1) is 5.82 Å². The molecule has 1 amide bonds. The number of carboxylic acids is 1. The van der Waals surface area contributed by atoms with Crippen molar-refractivity contribution in [2.75, 3.05) is 5.32 Å². The van der Waals surface area contributed by atoms with E-state index in [-0.39, 0.29) is 23.1 Å². The van der Waals surface area contributed by atoms with E-state index in [1.165, 1.54) is 18.2 Å². The SMILES string of the molecule is O=C1CC(c2ccc(Br)cc2)c2sc(C(=O)O)c(-c3cccc(F)c3)c2N1. The number of anilines is 1. The van der Waals surface area contributed by atoms with Gasteiger partial charge in [0.25, 0.3) is 0 Å². The highest BCUT2D eigenvalue weighted by Crippen LogP contribution is 2.49. The average Bonchev–Trinajstić information content (AvgIpc) is 3.01. The Labute approximate surface area is 166 Å². The molecule has 27 heavy (non-hydrogen) atoms. The van der Waals surface area contributed by atoms with Gasteiger partial charge in [-0.1, -0.05) is 40.2 Å². The lowest BCUT2D eigenvalue weighted by atomic mass is 9.89. The molecule has 0 fully saturated rings. The van der Waals surface area contributed by atoms with Crippen molar-refractivity contribution in [3.8, 4) is 11.1 Å². The molecule has 0 saturated carbocycles. The topological polar surface area (TPSA) is 66.4 Å². The second-order valence-corrected chi connectivity index (χ2v) is 8.19. The molecule has 7 heteroatoms. The first-order chi connectivity index (χ1) is 12.9. The Bertz CT molecular complexity index is 1060. The van der Waals surface area contributed by atoms with Crippen molar-refractivity contribution in [3.05, 3.63) is 74.1 Å². The Balaban J connectivity index is 1.94. The van der Waals surface area contributed by atoms with Crippen molar-refractivity contribution in [1.82, 2.24) is 0 Å². The molecule has 1 unspecified atom stereocenters. The summed E-state index contributed by atoms with van der Waals surface area (Å²) in [4.78, 5) is 25.1. The lowest BCUT2D eigenvalue weighted by Crippen LogP contribution is -2.22. The lowest BCUT2D eigenvalue weighted by molar-refractivity contribution is -0.116. The van der Waals surface area contributed by atoms with Gasteiger partial charge in [-0.3, -0.25) is 4.79 Å². The first-order valence-electron chi connectivity index (χ1n) is 8.15. The molecule has 0 radical (unpaired) electrons. The molecule has 0 spiro atoms. The zero-order valence-electron chi connectivity index (χ0n) is 13.8. The van der Waals surface area contributed by atoms with Crippen LogP contribution in [-0.4, -0.2) is 17.0 Å². The highest BCUT2D eigenvalue weighted by atomic mass is 79.9. The van der Waals surface area contributed by atoms with Crippen molar-refractivity contribution >= 4 is 44.8 Å². The molecule has 2 heterocycles. The summed E-state index contributed by atoms with van der Waals surface area (Å²) in [7, 11) is 0. The van der Waals surface area contributed by atoms with Gasteiger partial charge in [-0.05, 0) is 35.4 Å². The van der Waals surface area contributed by atoms with Crippen molar-refractivity contribution in [2.45, 2.75) is 12.3 Å². The summed E-state index contributed by atoms with van der Waals surface area (Å²) in [6, 6.07) is 13.4. The standard InChI is InChI=1S/C20H13BrFNO3S/c21-12-6-4-10(5-7-12)14-9-15(24)23-17-16(11-2-1-3-13(22)8-11)19(20(25)26)27-18(14)17/h1-8,14H,9H2,(H,23,24)(H,25,26). The smallest absolute Gasteiger partial charge is 0.346 e. The van der Waals surface area contributed by atoms with E-state index in [1.54, 1.807) is 6.07 Å². The van der Waals surface area contributed by atoms with Crippen LogP contribution < -0.4 is 5.32 Å². The number of amides is 1. The minimum Gasteiger partial charge on any atom is -0.477 e. The van der Waals surface area contributed by atoms with Crippen molar-refractivity contribution in [3.63, 3.8) is 0 Å². The van der Waals surface area contributed by atoms with E-state index in [4.69, 9.17) is 0 Å². The number of carboxylic acid groups (broad SMARTS) is 1. The van der Waals surface area contributed by atoms with Crippen molar-refractivity contribution in [2.24, 2.45) is 0 Å². The number of benzene rings is 2. The number of thiophene rings is 1. The molecule has 1 aliphatic heterocycles. The predicted octanol–water partition coefficient (Wildman–Crippen LogP) is 5.49. The quantitative estimate of drug-likeness (QED) is 0.559. The summed E-state index contributed by atoms with van der Waals surface area (Å²) >= 11 is 4.53. The molecule has 0 saturated heterocycles. The minimum absolute atomic E-state index is 0.0925. The number of hydrogen-bond donors (Lipinski definition) is 2. The fraction of sp³-hybridized carbons (Fsp3) is 0.100. The predicted molar refractivity (Wildman–Crippen MR) is 106 cm³/mol. The Morgan fingerprint density at radius 1 is 1.22 bits per heavy atom. The fourth-order valence-electron chi connectivity index (χ4n) is 3.32. The van der Waals surface area contributed by atoms with Gasteiger partial charge >= 0.3 is 5.97 Å². The molecular formula is C20H13BrFNO3S. The van der Waals surface area contributed by atoms with E-state index in [9.17, 15) is 19.1 Å². The minimum atomic E-state index is -1.10. The Hall–Kier alpha value is -2.51. The normalized spacial score (nSPS) is 15.9. The summed E-state index contributed by atoms with van der Waals surface area (Å²) in [6.45, 7) is 0. The second kappa shape index (κ2) is 6.90. The zero-order chi connectivity index (χ0) is 19.1. The number of rotatable bonds is 3. The van der Waals surface area contributed by atoms with Crippen LogP contribution in [0.25, 0.3) is 11.1 Å². The maximum Gasteiger partial charge on any atom is 0.346 e. The Morgan fingerprint density at radius 2 is 1.96 bits per heavy atom. The van der Waals surface area contributed by atoms with Crippen LogP contribution in [0.1, 0.15) is 32.5 Å². The summed E-state index contributed by atoms with van der Waals surface area (Å²) in [5.41, 5.74) is 2.18. The molecule has 2 aromatic carbocycles. The first-order valence-corrected chi connectivity index (χ1v) is 9.76. The van der Waals surface area contributed by atoms with E-state index in [1.807, 2.05) is 24.3 Å². The lowest BCUT2D eigenvalue weighted by Gasteiger charge is -2.24. The number of hydrogen-bond acceptors (Lipinski definition) is 3. The maximum absolute atomic E-state index is 13.7. The third-order valence-electron chi connectivity index (χ3n) is 4.49. The summed E-state index contributed by atoms with van der Waals surface area (Å²) < 4.78 is 14.7. The molecule has 2 N–H and O–H groups in total. The molecular weight excluding hydrogens is 433 g/mol. The van der Waals surface area contributed by atoms with Crippen LogP contribution in [-0.2, 0) is 4.79 Å². The summed E-state index contributed by atoms with van der Waals surface area (Å²) in [5, 5.41) is 12.5. The van der Waals surface area contributed by atoms with Crippen molar-refractivity contribution in [1.29, 1.82) is 0 Å².